The Morgan fingerprint density at radius 3 is 2.61 bits per heavy atom. The second-order valence-electron chi connectivity index (χ2n) is 5.73. The molecule has 1 aromatic rings. The van der Waals surface area contributed by atoms with E-state index in [0.29, 0.717) is 6.54 Å². The number of benzene rings is 1. The van der Waals surface area contributed by atoms with Crippen molar-refractivity contribution in [3.63, 3.8) is 0 Å². The van der Waals surface area contributed by atoms with E-state index in [9.17, 15) is 4.79 Å². The predicted octanol–water partition coefficient (Wildman–Crippen LogP) is 3.11. The lowest BCUT2D eigenvalue weighted by molar-refractivity contribution is 0.192. The average Bonchev–Trinajstić information content (AvgIpc) is 2.36. The molecule has 1 aliphatic carbocycles. The molecule has 0 spiro atoms. The van der Waals surface area contributed by atoms with Gasteiger partial charge in [0.25, 0.3) is 0 Å². The first-order chi connectivity index (χ1) is 8.49. The van der Waals surface area contributed by atoms with Gasteiger partial charge in [0.15, 0.2) is 0 Å². The second kappa shape index (κ2) is 5.01. The molecule has 2 N–H and O–H groups in total. The van der Waals surface area contributed by atoms with Crippen LogP contribution in [0.4, 0.5) is 4.79 Å². The Balaban J connectivity index is 2.19. The summed E-state index contributed by atoms with van der Waals surface area (Å²) in [5.74, 6) is 0. The van der Waals surface area contributed by atoms with Gasteiger partial charge in [0.2, 0.25) is 0 Å². The summed E-state index contributed by atoms with van der Waals surface area (Å²) in [6, 6.07) is 6.62. The van der Waals surface area contributed by atoms with Crippen LogP contribution in [0.1, 0.15) is 43.4 Å². The Labute approximate surface area is 108 Å². The van der Waals surface area contributed by atoms with Gasteiger partial charge in [-0.3, -0.25) is 0 Å². The zero-order valence-electron chi connectivity index (χ0n) is 11.1. The minimum absolute atomic E-state index is 0.162. The number of carbonyl (C=O) groups is 1. The van der Waals surface area contributed by atoms with Crippen LogP contribution in [0.25, 0.3) is 0 Å². The molecule has 0 saturated carbocycles. The third kappa shape index (κ3) is 2.84. The Bertz CT molecular complexity index is 452. The first-order valence-electron chi connectivity index (χ1n) is 6.58. The molecule has 0 aliphatic heterocycles. The highest BCUT2D eigenvalue weighted by atomic mass is 16.4. The van der Waals surface area contributed by atoms with E-state index in [2.05, 4.69) is 37.4 Å². The van der Waals surface area contributed by atoms with E-state index < -0.39 is 6.09 Å². The minimum atomic E-state index is -0.957. The van der Waals surface area contributed by atoms with Gasteiger partial charge in [-0.2, -0.15) is 0 Å². The van der Waals surface area contributed by atoms with Crippen molar-refractivity contribution < 1.29 is 9.90 Å². The summed E-state index contributed by atoms with van der Waals surface area (Å²) in [5, 5.41) is 11.2. The van der Waals surface area contributed by atoms with Crippen LogP contribution in [0.15, 0.2) is 18.2 Å². The molecule has 0 fully saturated rings. The molecule has 0 bridgehead atoms. The van der Waals surface area contributed by atoms with Gasteiger partial charge in [-0.1, -0.05) is 32.0 Å². The zero-order chi connectivity index (χ0) is 13.2. The number of rotatable bonds is 3. The second-order valence-corrected chi connectivity index (χ2v) is 5.73. The van der Waals surface area contributed by atoms with E-state index in [0.717, 1.165) is 6.42 Å². The maximum absolute atomic E-state index is 10.6. The van der Waals surface area contributed by atoms with Crippen molar-refractivity contribution in [2.45, 2.75) is 44.9 Å². The molecular formula is C15H21NO2. The monoisotopic (exact) mass is 247 g/mol. The van der Waals surface area contributed by atoms with E-state index in [4.69, 9.17) is 5.11 Å². The van der Waals surface area contributed by atoms with Crippen molar-refractivity contribution in [1.29, 1.82) is 0 Å². The van der Waals surface area contributed by atoms with Crippen LogP contribution < -0.4 is 5.32 Å². The van der Waals surface area contributed by atoms with Crippen LogP contribution in [-0.2, 0) is 18.3 Å². The molecule has 3 heteroatoms. The van der Waals surface area contributed by atoms with E-state index >= 15 is 0 Å². The number of hydrogen-bond donors (Lipinski definition) is 2. The van der Waals surface area contributed by atoms with Crippen molar-refractivity contribution in [1.82, 2.24) is 5.32 Å². The highest BCUT2D eigenvalue weighted by Gasteiger charge is 2.22. The van der Waals surface area contributed by atoms with Crippen LogP contribution >= 0.6 is 0 Å². The van der Waals surface area contributed by atoms with Gasteiger partial charge < -0.3 is 10.4 Å². The molecule has 1 aliphatic rings. The molecule has 0 radical (unpaired) electrons. The smallest absolute Gasteiger partial charge is 0.404 e. The predicted molar refractivity (Wildman–Crippen MR) is 72.1 cm³/mol. The Hall–Kier alpha value is -1.51. The molecule has 98 valence electrons. The summed E-state index contributed by atoms with van der Waals surface area (Å²) in [4.78, 5) is 10.6. The lowest BCUT2D eigenvalue weighted by atomic mass is 9.81. The van der Waals surface area contributed by atoms with E-state index in [-0.39, 0.29) is 5.41 Å². The van der Waals surface area contributed by atoms with Gasteiger partial charge in [0.1, 0.15) is 0 Å². The Kier molecular flexibility index (Phi) is 3.60. The highest BCUT2D eigenvalue weighted by Crippen LogP contribution is 2.28. The molecule has 2 rings (SSSR count). The number of hydrogen-bond acceptors (Lipinski definition) is 1. The summed E-state index contributed by atoms with van der Waals surface area (Å²) in [5.41, 5.74) is 3.97. The summed E-state index contributed by atoms with van der Waals surface area (Å²) >= 11 is 0. The Morgan fingerprint density at radius 2 is 1.94 bits per heavy atom. The van der Waals surface area contributed by atoms with Gasteiger partial charge in [-0.15, -0.1) is 0 Å². The zero-order valence-corrected chi connectivity index (χ0v) is 11.1. The first kappa shape index (κ1) is 12.9. The van der Waals surface area contributed by atoms with Crippen molar-refractivity contribution in [2.75, 3.05) is 6.54 Å². The van der Waals surface area contributed by atoms with Crippen molar-refractivity contribution >= 4 is 6.09 Å². The number of fused-ring (bicyclic) bond motifs is 1. The third-order valence-electron chi connectivity index (χ3n) is 3.81. The standard InChI is InChI=1S/C15H21NO2/c1-15(2,10-16-14(17)18)13-8-7-11-5-3-4-6-12(11)9-13/h7-9,16H,3-6,10H2,1-2H3,(H,17,18). The fourth-order valence-electron chi connectivity index (χ4n) is 2.55. The van der Waals surface area contributed by atoms with Crippen LogP contribution in [0.5, 0.6) is 0 Å². The maximum atomic E-state index is 10.6. The van der Waals surface area contributed by atoms with Crippen LogP contribution in [-0.4, -0.2) is 17.7 Å². The number of amides is 1. The SMILES string of the molecule is CC(C)(CNC(=O)O)c1ccc2c(c1)CCCC2. The summed E-state index contributed by atoms with van der Waals surface area (Å²) in [7, 11) is 0. The lowest BCUT2D eigenvalue weighted by Crippen LogP contribution is -2.36. The summed E-state index contributed by atoms with van der Waals surface area (Å²) in [6.07, 6.45) is 3.94. The normalized spacial score (nSPS) is 15.0. The molecule has 0 unspecified atom stereocenters. The quantitative estimate of drug-likeness (QED) is 0.862. The van der Waals surface area contributed by atoms with Crippen LogP contribution in [0.3, 0.4) is 0 Å². The summed E-state index contributed by atoms with van der Waals surface area (Å²) in [6.45, 7) is 4.60. The molecule has 0 aromatic heterocycles. The van der Waals surface area contributed by atoms with Crippen molar-refractivity contribution in [3.8, 4) is 0 Å². The Morgan fingerprint density at radius 1 is 1.28 bits per heavy atom. The van der Waals surface area contributed by atoms with Crippen molar-refractivity contribution in [3.05, 3.63) is 34.9 Å². The molecule has 0 saturated heterocycles. The van der Waals surface area contributed by atoms with Gasteiger partial charge in [0.05, 0.1) is 0 Å². The number of aryl methyl sites for hydroxylation is 2. The van der Waals surface area contributed by atoms with Gasteiger partial charge in [-0.25, -0.2) is 4.79 Å². The average molecular weight is 247 g/mol. The lowest BCUT2D eigenvalue weighted by Gasteiger charge is -2.27. The van der Waals surface area contributed by atoms with E-state index in [1.807, 2.05) is 0 Å². The minimum Gasteiger partial charge on any atom is -0.465 e. The van der Waals surface area contributed by atoms with E-state index in [1.54, 1.807) is 0 Å². The third-order valence-corrected chi connectivity index (χ3v) is 3.81. The number of nitrogens with one attached hydrogen (secondary N) is 1. The molecule has 18 heavy (non-hydrogen) atoms. The van der Waals surface area contributed by atoms with Gasteiger partial charge in [-0.05, 0) is 42.4 Å². The fourth-order valence-corrected chi connectivity index (χ4v) is 2.55. The first-order valence-corrected chi connectivity index (χ1v) is 6.58. The topological polar surface area (TPSA) is 49.3 Å². The molecule has 1 amide bonds. The van der Waals surface area contributed by atoms with Gasteiger partial charge >= 0.3 is 6.09 Å². The molecule has 3 nitrogen and oxygen atoms in total. The van der Waals surface area contributed by atoms with Gasteiger partial charge in [0, 0.05) is 12.0 Å². The maximum Gasteiger partial charge on any atom is 0.404 e. The van der Waals surface area contributed by atoms with Crippen LogP contribution in [0.2, 0.25) is 0 Å². The summed E-state index contributed by atoms with van der Waals surface area (Å²) < 4.78 is 0. The van der Waals surface area contributed by atoms with Crippen LogP contribution in [0, 0.1) is 0 Å². The van der Waals surface area contributed by atoms with E-state index in [1.165, 1.54) is 36.0 Å². The molecule has 0 heterocycles. The van der Waals surface area contributed by atoms with Crippen molar-refractivity contribution in [2.24, 2.45) is 0 Å². The molecular weight excluding hydrogens is 226 g/mol. The molecule has 0 atom stereocenters. The molecule has 1 aromatic carbocycles. The fraction of sp³-hybridized carbons (Fsp3) is 0.533. The number of carboxylic acid groups (broad SMARTS) is 1. The largest absolute Gasteiger partial charge is 0.465 e. The highest BCUT2D eigenvalue weighted by molar-refractivity contribution is 5.64.